The molecular formula is C17H15FO3. The first-order valence-electron chi connectivity index (χ1n) is 6.41. The predicted octanol–water partition coefficient (Wildman–Crippen LogP) is 4.33. The normalized spacial score (nSPS) is 10.8. The third kappa shape index (κ3) is 3.92. The van der Waals surface area contributed by atoms with Crippen molar-refractivity contribution in [3.05, 3.63) is 65.0 Å². The third-order valence-electron chi connectivity index (χ3n) is 2.94. The average Bonchev–Trinajstić information content (AvgIpc) is 2.43. The van der Waals surface area contributed by atoms with Crippen molar-refractivity contribution in [3.63, 3.8) is 0 Å². The van der Waals surface area contributed by atoms with Crippen LogP contribution in [0.5, 0.6) is 11.5 Å². The lowest BCUT2D eigenvalue weighted by Crippen LogP contribution is -1.92. The van der Waals surface area contributed by atoms with Gasteiger partial charge >= 0.3 is 5.97 Å². The Morgan fingerprint density at radius 1 is 1.19 bits per heavy atom. The lowest BCUT2D eigenvalue weighted by atomic mass is 10.1. The van der Waals surface area contributed by atoms with E-state index in [0.717, 1.165) is 11.6 Å². The lowest BCUT2D eigenvalue weighted by Gasteiger charge is -2.10. The summed E-state index contributed by atoms with van der Waals surface area (Å²) in [7, 11) is 0. The smallest absolute Gasteiger partial charge is 0.328 e. The van der Waals surface area contributed by atoms with Crippen LogP contribution in [0.15, 0.2) is 42.5 Å². The van der Waals surface area contributed by atoms with Gasteiger partial charge in [0.05, 0.1) is 0 Å². The molecule has 2 rings (SSSR count). The molecule has 21 heavy (non-hydrogen) atoms. The first-order chi connectivity index (χ1) is 9.95. The minimum atomic E-state index is -1.04. The molecule has 0 unspecified atom stereocenters. The Labute approximate surface area is 122 Å². The van der Waals surface area contributed by atoms with Crippen LogP contribution in [0.25, 0.3) is 6.08 Å². The maximum Gasteiger partial charge on any atom is 0.328 e. The van der Waals surface area contributed by atoms with Crippen LogP contribution in [-0.4, -0.2) is 11.1 Å². The largest absolute Gasteiger partial charge is 0.478 e. The molecule has 0 radical (unpaired) electrons. The number of hydrogen-bond acceptors (Lipinski definition) is 2. The Kier molecular flexibility index (Phi) is 4.38. The van der Waals surface area contributed by atoms with Crippen molar-refractivity contribution >= 4 is 12.0 Å². The highest BCUT2D eigenvalue weighted by Crippen LogP contribution is 2.28. The van der Waals surface area contributed by atoms with Crippen LogP contribution in [0.4, 0.5) is 4.39 Å². The molecule has 4 heteroatoms. The van der Waals surface area contributed by atoms with Gasteiger partial charge in [0.1, 0.15) is 17.3 Å². The number of rotatable bonds is 4. The van der Waals surface area contributed by atoms with Gasteiger partial charge in [-0.05, 0) is 43.7 Å². The van der Waals surface area contributed by atoms with Crippen molar-refractivity contribution in [3.8, 4) is 11.5 Å². The Morgan fingerprint density at radius 2 is 1.95 bits per heavy atom. The van der Waals surface area contributed by atoms with Gasteiger partial charge in [0.25, 0.3) is 0 Å². The van der Waals surface area contributed by atoms with Crippen molar-refractivity contribution in [2.24, 2.45) is 0 Å². The van der Waals surface area contributed by atoms with E-state index in [1.807, 2.05) is 13.0 Å². The summed E-state index contributed by atoms with van der Waals surface area (Å²) in [6.07, 6.45) is 2.49. The van der Waals surface area contributed by atoms with Gasteiger partial charge in [0, 0.05) is 17.7 Å². The number of halogens is 1. The number of carboxylic acids is 1. The molecule has 0 fully saturated rings. The molecule has 2 aromatic rings. The van der Waals surface area contributed by atoms with E-state index >= 15 is 0 Å². The third-order valence-corrected chi connectivity index (χ3v) is 2.94. The molecule has 0 bridgehead atoms. The summed E-state index contributed by atoms with van der Waals surface area (Å²) in [6.45, 7) is 3.57. The molecule has 0 heterocycles. The van der Waals surface area contributed by atoms with E-state index in [0.29, 0.717) is 22.6 Å². The van der Waals surface area contributed by atoms with Crippen molar-refractivity contribution in [2.75, 3.05) is 0 Å². The number of benzene rings is 2. The first kappa shape index (κ1) is 14.8. The molecular weight excluding hydrogens is 271 g/mol. The van der Waals surface area contributed by atoms with E-state index in [1.54, 1.807) is 31.2 Å². The van der Waals surface area contributed by atoms with Gasteiger partial charge in [-0.25, -0.2) is 9.18 Å². The van der Waals surface area contributed by atoms with E-state index in [9.17, 15) is 9.18 Å². The summed E-state index contributed by atoms with van der Waals surface area (Å²) in [4.78, 5) is 10.6. The highest BCUT2D eigenvalue weighted by Gasteiger charge is 2.06. The molecule has 2 aromatic carbocycles. The standard InChI is InChI=1S/C17H15FO3/c1-11-3-7-16(13(9-11)5-8-17(19)20)21-14-6-4-12(2)15(18)10-14/h3-10H,1-2H3,(H,19,20)/b8-5+. The number of aliphatic carboxylic acids is 1. The summed E-state index contributed by atoms with van der Waals surface area (Å²) in [5.41, 5.74) is 2.14. The molecule has 0 saturated heterocycles. The fraction of sp³-hybridized carbons (Fsp3) is 0.118. The molecule has 0 aromatic heterocycles. The van der Waals surface area contributed by atoms with Gasteiger partial charge in [-0.3, -0.25) is 0 Å². The van der Waals surface area contributed by atoms with Crippen LogP contribution >= 0.6 is 0 Å². The minimum absolute atomic E-state index is 0.345. The molecule has 0 aliphatic rings. The van der Waals surface area contributed by atoms with Gasteiger partial charge < -0.3 is 9.84 Å². The van der Waals surface area contributed by atoms with Crippen LogP contribution < -0.4 is 4.74 Å². The second kappa shape index (κ2) is 6.22. The van der Waals surface area contributed by atoms with Gasteiger partial charge in [-0.1, -0.05) is 17.7 Å². The Bertz CT molecular complexity index is 705. The van der Waals surface area contributed by atoms with Gasteiger partial charge in [0.15, 0.2) is 0 Å². The van der Waals surface area contributed by atoms with Crippen molar-refractivity contribution in [1.29, 1.82) is 0 Å². The van der Waals surface area contributed by atoms with Crippen molar-refractivity contribution in [2.45, 2.75) is 13.8 Å². The molecule has 0 saturated carbocycles. The zero-order valence-corrected chi connectivity index (χ0v) is 11.8. The molecule has 0 aliphatic carbocycles. The molecule has 108 valence electrons. The van der Waals surface area contributed by atoms with Crippen LogP contribution in [0, 0.1) is 19.7 Å². The van der Waals surface area contributed by atoms with E-state index in [2.05, 4.69) is 0 Å². The Balaban J connectivity index is 2.34. The Morgan fingerprint density at radius 3 is 2.62 bits per heavy atom. The first-order valence-corrected chi connectivity index (χ1v) is 6.41. The summed E-state index contributed by atoms with van der Waals surface area (Å²) in [6, 6.07) is 9.99. The monoisotopic (exact) mass is 286 g/mol. The van der Waals surface area contributed by atoms with Crippen LogP contribution in [0.2, 0.25) is 0 Å². The highest BCUT2D eigenvalue weighted by molar-refractivity contribution is 5.86. The number of carbonyl (C=O) groups is 1. The summed E-state index contributed by atoms with van der Waals surface area (Å²) < 4.78 is 19.2. The Hall–Kier alpha value is -2.62. The molecule has 0 aliphatic heterocycles. The zero-order chi connectivity index (χ0) is 15.4. The lowest BCUT2D eigenvalue weighted by molar-refractivity contribution is -0.131. The number of hydrogen-bond donors (Lipinski definition) is 1. The van der Waals surface area contributed by atoms with E-state index in [4.69, 9.17) is 9.84 Å². The molecule has 0 spiro atoms. The van der Waals surface area contributed by atoms with Crippen LogP contribution in [0.1, 0.15) is 16.7 Å². The summed E-state index contributed by atoms with van der Waals surface area (Å²) in [5, 5.41) is 8.71. The van der Waals surface area contributed by atoms with Crippen molar-refractivity contribution in [1.82, 2.24) is 0 Å². The fourth-order valence-corrected chi connectivity index (χ4v) is 1.82. The predicted molar refractivity (Wildman–Crippen MR) is 79.1 cm³/mol. The van der Waals surface area contributed by atoms with Crippen molar-refractivity contribution < 1.29 is 19.0 Å². The summed E-state index contributed by atoms with van der Waals surface area (Å²) in [5.74, 6) is -0.542. The highest BCUT2D eigenvalue weighted by atomic mass is 19.1. The number of aryl methyl sites for hydroxylation is 2. The number of carboxylic acid groups (broad SMARTS) is 1. The molecule has 1 N–H and O–H groups in total. The minimum Gasteiger partial charge on any atom is -0.478 e. The maximum atomic E-state index is 13.5. The second-order valence-electron chi connectivity index (χ2n) is 4.73. The number of ether oxygens (including phenoxy) is 1. The van der Waals surface area contributed by atoms with E-state index in [-0.39, 0.29) is 5.82 Å². The summed E-state index contributed by atoms with van der Waals surface area (Å²) >= 11 is 0. The SMILES string of the molecule is Cc1ccc(Oc2ccc(C)c(F)c2)c(/C=C/C(=O)O)c1. The quantitative estimate of drug-likeness (QED) is 0.851. The maximum absolute atomic E-state index is 13.5. The molecule has 3 nitrogen and oxygen atoms in total. The van der Waals surface area contributed by atoms with Crippen LogP contribution in [-0.2, 0) is 4.79 Å². The van der Waals surface area contributed by atoms with Gasteiger partial charge in [-0.15, -0.1) is 0 Å². The molecule has 0 atom stereocenters. The van der Waals surface area contributed by atoms with E-state index in [1.165, 1.54) is 12.1 Å². The average molecular weight is 286 g/mol. The zero-order valence-electron chi connectivity index (χ0n) is 11.8. The van der Waals surface area contributed by atoms with Gasteiger partial charge in [0.2, 0.25) is 0 Å². The topological polar surface area (TPSA) is 46.5 Å². The van der Waals surface area contributed by atoms with Crippen LogP contribution in [0.3, 0.4) is 0 Å². The van der Waals surface area contributed by atoms with E-state index < -0.39 is 5.97 Å². The molecule has 0 amide bonds. The van der Waals surface area contributed by atoms with Gasteiger partial charge in [-0.2, -0.15) is 0 Å². The fourth-order valence-electron chi connectivity index (χ4n) is 1.82. The second-order valence-corrected chi connectivity index (χ2v) is 4.73.